The Morgan fingerprint density at radius 1 is 1.03 bits per heavy atom. The van der Waals surface area contributed by atoms with Crippen molar-refractivity contribution in [2.24, 2.45) is 11.8 Å². The minimum absolute atomic E-state index is 0.0744. The molecule has 2 aromatic rings. The first-order valence-electron chi connectivity index (χ1n) is 10.3. The van der Waals surface area contributed by atoms with Crippen LogP contribution in [0.2, 0.25) is 0 Å². The predicted octanol–water partition coefficient (Wildman–Crippen LogP) is 3.82. The summed E-state index contributed by atoms with van der Waals surface area (Å²) in [5.41, 5.74) is 1.30. The average Bonchev–Trinajstić information content (AvgIpc) is 3.20. The zero-order chi connectivity index (χ0) is 22.9. The number of amides is 2. The zero-order valence-corrected chi connectivity index (χ0v) is 17.1. The number of anilines is 1. The molecule has 0 spiro atoms. The molecular formula is C23H22F4N2O3. The van der Waals surface area contributed by atoms with Crippen LogP contribution < -0.4 is 9.64 Å². The van der Waals surface area contributed by atoms with Gasteiger partial charge in [0.2, 0.25) is 11.8 Å². The molecule has 5 nitrogen and oxygen atoms in total. The standard InChI is InChI=1S/C23H22F4N2O3/c24-17-3-1-15(2-4-17)11-21(30)28-12-16-9-10-29(22(31)20(16)13-28)18-5-7-19(8-6-18)32-14-23(25,26)27/h1-8,16,20H,9-14H2/t16-,20+/m1/s1. The Labute approximate surface area is 182 Å². The van der Waals surface area contributed by atoms with Crippen molar-refractivity contribution in [3.63, 3.8) is 0 Å². The van der Waals surface area contributed by atoms with Gasteiger partial charge in [-0.05, 0) is 54.3 Å². The highest BCUT2D eigenvalue weighted by atomic mass is 19.4. The first kappa shape index (κ1) is 22.1. The van der Waals surface area contributed by atoms with Crippen LogP contribution in [0.4, 0.5) is 23.2 Å². The molecule has 0 unspecified atom stereocenters. The molecule has 2 aliphatic heterocycles. The summed E-state index contributed by atoms with van der Waals surface area (Å²) in [6.07, 6.45) is -3.54. The number of piperidine rings is 1. The third kappa shape index (κ3) is 5.03. The van der Waals surface area contributed by atoms with E-state index in [2.05, 4.69) is 0 Å². The fourth-order valence-corrected chi connectivity index (χ4v) is 4.28. The van der Waals surface area contributed by atoms with E-state index in [1.807, 2.05) is 0 Å². The van der Waals surface area contributed by atoms with Crippen LogP contribution in [0.1, 0.15) is 12.0 Å². The minimum Gasteiger partial charge on any atom is -0.484 e. The van der Waals surface area contributed by atoms with Crippen molar-refractivity contribution >= 4 is 17.5 Å². The Hall–Kier alpha value is -3.10. The highest BCUT2D eigenvalue weighted by Gasteiger charge is 2.44. The van der Waals surface area contributed by atoms with Gasteiger partial charge in [-0.2, -0.15) is 13.2 Å². The number of rotatable bonds is 5. The molecule has 0 bridgehead atoms. The van der Waals surface area contributed by atoms with Crippen LogP contribution in [-0.4, -0.2) is 49.1 Å². The van der Waals surface area contributed by atoms with E-state index in [9.17, 15) is 27.2 Å². The number of carbonyl (C=O) groups is 2. The van der Waals surface area contributed by atoms with E-state index in [1.165, 1.54) is 24.3 Å². The van der Waals surface area contributed by atoms with Crippen LogP contribution in [0.15, 0.2) is 48.5 Å². The van der Waals surface area contributed by atoms with E-state index in [0.29, 0.717) is 30.9 Å². The molecule has 0 radical (unpaired) electrons. The number of halogens is 4. The van der Waals surface area contributed by atoms with Crippen LogP contribution in [0, 0.1) is 17.7 Å². The predicted molar refractivity (Wildman–Crippen MR) is 109 cm³/mol. The Bertz CT molecular complexity index is 976. The van der Waals surface area contributed by atoms with Gasteiger partial charge >= 0.3 is 6.18 Å². The smallest absolute Gasteiger partial charge is 0.422 e. The van der Waals surface area contributed by atoms with E-state index in [1.54, 1.807) is 34.1 Å². The fraction of sp³-hybridized carbons (Fsp3) is 0.391. The van der Waals surface area contributed by atoms with Gasteiger partial charge in [-0.25, -0.2) is 4.39 Å². The number of benzene rings is 2. The summed E-state index contributed by atoms with van der Waals surface area (Å²) < 4.78 is 54.7. The molecule has 32 heavy (non-hydrogen) atoms. The lowest BCUT2D eigenvalue weighted by Gasteiger charge is -2.33. The molecule has 4 rings (SSSR count). The summed E-state index contributed by atoms with van der Waals surface area (Å²) in [6.45, 7) is -0.0649. The van der Waals surface area contributed by atoms with Crippen LogP contribution >= 0.6 is 0 Å². The van der Waals surface area contributed by atoms with Crippen LogP contribution in [0.5, 0.6) is 5.75 Å². The minimum atomic E-state index is -4.42. The second-order valence-corrected chi connectivity index (χ2v) is 8.14. The topological polar surface area (TPSA) is 49.9 Å². The molecule has 2 saturated heterocycles. The van der Waals surface area contributed by atoms with Gasteiger partial charge in [-0.3, -0.25) is 9.59 Å². The maximum absolute atomic E-state index is 13.1. The number of alkyl halides is 3. The molecular weight excluding hydrogens is 428 g/mol. The molecule has 2 aromatic carbocycles. The highest BCUT2D eigenvalue weighted by Crippen LogP contribution is 2.35. The maximum atomic E-state index is 13.1. The molecule has 2 amide bonds. The van der Waals surface area contributed by atoms with Gasteiger partial charge in [-0.1, -0.05) is 12.1 Å². The number of likely N-dealkylation sites (tertiary alicyclic amines) is 1. The molecule has 0 saturated carbocycles. The van der Waals surface area contributed by atoms with E-state index in [0.717, 1.165) is 6.42 Å². The first-order valence-corrected chi connectivity index (χ1v) is 10.3. The van der Waals surface area contributed by atoms with Crippen LogP contribution in [0.3, 0.4) is 0 Å². The van der Waals surface area contributed by atoms with Crippen molar-refractivity contribution in [3.05, 3.63) is 59.9 Å². The Morgan fingerprint density at radius 3 is 2.38 bits per heavy atom. The van der Waals surface area contributed by atoms with Crippen molar-refractivity contribution in [1.82, 2.24) is 4.90 Å². The number of fused-ring (bicyclic) bond motifs is 1. The normalized spacial score (nSPS) is 20.9. The summed E-state index contributed by atoms with van der Waals surface area (Å²) in [5.74, 6) is -0.725. The monoisotopic (exact) mass is 450 g/mol. The molecule has 9 heteroatoms. The Balaban J connectivity index is 1.37. The molecule has 2 aliphatic rings. The largest absolute Gasteiger partial charge is 0.484 e. The highest BCUT2D eigenvalue weighted by molar-refractivity contribution is 5.97. The van der Waals surface area contributed by atoms with E-state index in [4.69, 9.17) is 4.74 Å². The lowest BCUT2D eigenvalue weighted by molar-refractivity contribution is -0.153. The molecule has 2 fully saturated rings. The van der Waals surface area contributed by atoms with Crippen LogP contribution in [0.25, 0.3) is 0 Å². The molecule has 0 aromatic heterocycles. The summed E-state index contributed by atoms with van der Waals surface area (Å²) in [7, 11) is 0. The van der Waals surface area contributed by atoms with Gasteiger partial charge in [-0.15, -0.1) is 0 Å². The van der Waals surface area contributed by atoms with Crippen LogP contribution in [-0.2, 0) is 16.0 Å². The number of nitrogens with zero attached hydrogens (tertiary/aromatic N) is 2. The summed E-state index contributed by atoms with van der Waals surface area (Å²) in [5, 5.41) is 0. The first-order chi connectivity index (χ1) is 15.2. The summed E-state index contributed by atoms with van der Waals surface area (Å²) in [4.78, 5) is 29.1. The second-order valence-electron chi connectivity index (χ2n) is 8.14. The Morgan fingerprint density at radius 2 is 1.72 bits per heavy atom. The number of hydrogen-bond acceptors (Lipinski definition) is 3. The lowest BCUT2D eigenvalue weighted by atomic mass is 9.87. The number of carbonyl (C=O) groups excluding carboxylic acids is 2. The number of ether oxygens (including phenoxy) is 1. The third-order valence-corrected chi connectivity index (χ3v) is 5.92. The number of hydrogen-bond donors (Lipinski definition) is 0. The molecule has 2 atom stereocenters. The van der Waals surface area contributed by atoms with Gasteiger partial charge in [0.05, 0.1) is 12.3 Å². The summed E-state index contributed by atoms with van der Waals surface area (Å²) in [6, 6.07) is 11.7. The summed E-state index contributed by atoms with van der Waals surface area (Å²) >= 11 is 0. The van der Waals surface area contributed by atoms with Crippen molar-refractivity contribution in [1.29, 1.82) is 0 Å². The van der Waals surface area contributed by atoms with E-state index < -0.39 is 12.8 Å². The zero-order valence-electron chi connectivity index (χ0n) is 17.1. The van der Waals surface area contributed by atoms with Gasteiger partial charge in [0.1, 0.15) is 11.6 Å². The second kappa shape index (κ2) is 8.80. The van der Waals surface area contributed by atoms with Gasteiger partial charge in [0, 0.05) is 25.3 Å². The van der Waals surface area contributed by atoms with Gasteiger partial charge in [0.15, 0.2) is 6.61 Å². The SMILES string of the molecule is O=C(Cc1ccc(F)cc1)N1C[C@H]2CCN(c3ccc(OCC(F)(F)F)cc3)C(=O)[C@H]2C1. The lowest BCUT2D eigenvalue weighted by Crippen LogP contribution is -2.45. The molecule has 0 aliphatic carbocycles. The fourth-order valence-electron chi connectivity index (χ4n) is 4.28. The molecule has 0 N–H and O–H groups in total. The van der Waals surface area contributed by atoms with Crippen molar-refractivity contribution < 1.29 is 31.9 Å². The molecule has 2 heterocycles. The third-order valence-electron chi connectivity index (χ3n) is 5.92. The van der Waals surface area contributed by atoms with Gasteiger partial charge < -0.3 is 14.5 Å². The quantitative estimate of drug-likeness (QED) is 0.651. The van der Waals surface area contributed by atoms with Crippen molar-refractivity contribution in [2.75, 3.05) is 31.1 Å². The molecule has 170 valence electrons. The Kier molecular flexibility index (Phi) is 6.08. The van der Waals surface area contributed by atoms with E-state index >= 15 is 0 Å². The van der Waals surface area contributed by atoms with Gasteiger partial charge in [0.25, 0.3) is 0 Å². The van der Waals surface area contributed by atoms with E-state index in [-0.39, 0.29) is 41.6 Å². The average molecular weight is 450 g/mol. The maximum Gasteiger partial charge on any atom is 0.422 e. The van der Waals surface area contributed by atoms with Crippen molar-refractivity contribution in [2.45, 2.75) is 19.0 Å². The van der Waals surface area contributed by atoms with Crippen molar-refractivity contribution in [3.8, 4) is 5.75 Å².